The van der Waals surface area contributed by atoms with Crippen LogP contribution < -0.4 is 10.2 Å². The van der Waals surface area contributed by atoms with Crippen molar-refractivity contribution in [1.82, 2.24) is 5.32 Å². The fraction of sp³-hybridized carbons (Fsp3) is 0.562. The Morgan fingerprint density at radius 1 is 1.39 bits per heavy atom. The minimum atomic E-state index is -4.40. The third kappa shape index (κ3) is 3.60. The van der Waals surface area contributed by atoms with Gasteiger partial charge in [0.05, 0.1) is 24.0 Å². The SMILES string of the molecule is CCN[C@@H]1C[C@H](C)c2cc(C(F)(F)F)ccc2N1C(=O)OCC. The molecule has 0 saturated carbocycles. The summed E-state index contributed by atoms with van der Waals surface area (Å²) in [6.07, 6.45) is -4.71. The Morgan fingerprint density at radius 2 is 2.09 bits per heavy atom. The third-order valence-electron chi connectivity index (χ3n) is 3.94. The summed E-state index contributed by atoms with van der Waals surface area (Å²) in [5.74, 6) is -0.0953. The summed E-state index contributed by atoms with van der Waals surface area (Å²) in [6.45, 7) is 6.32. The van der Waals surface area contributed by atoms with E-state index in [1.54, 1.807) is 6.92 Å². The summed E-state index contributed by atoms with van der Waals surface area (Å²) < 4.78 is 43.9. The summed E-state index contributed by atoms with van der Waals surface area (Å²) in [5.41, 5.74) is 0.289. The number of amides is 1. The van der Waals surface area contributed by atoms with Gasteiger partial charge in [-0.15, -0.1) is 0 Å². The fourth-order valence-electron chi connectivity index (χ4n) is 2.91. The van der Waals surface area contributed by atoms with E-state index in [1.165, 1.54) is 11.0 Å². The first-order valence-electron chi connectivity index (χ1n) is 7.70. The maximum absolute atomic E-state index is 12.9. The first-order valence-corrected chi connectivity index (χ1v) is 7.70. The summed E-state index contributed by atoms with van der Waals surface area (Å²) in [7, 11) is 0. The van der Waals surface area contributed by atoms with Crippen molar-refractivity contribution in [3.63, 3.8) is 0 Å². The average molecular weight is 330 g/mol. The van der Waals surface area contributed by atoms with Crippen molar-refractivity contribution in [3.05, 3.63) is 29.3 Å². The van der Waals surface area contributed by atoms with Crippen molar-refractivity contribution < 1.29 is 22.7 Å². The smallest absolute Gasteiger partial charge is 0.416 e. The van der Waals surface area contributed by atoms with Crippen molar-refractivity contribution in [2.45, 2.75) is 45.5 Å². The minimum absolute atomic E-state index is 0.0953. The van der Waals surface area contributed by atoms with Gasteiger partial charge in [-0.1, -0.05) is 13.8 Å². The Kier molecular flexibility index (Phi) is 5.19. The zero-order chi connectivity index (χ0) is 17.2. The van der Waals surface area contributed by atoms with Gasteiger partial charge in [-0.3, -0.25) is 10.2 Å². The molecule has 7 heteroatoms. The first-order chi connectivity index (χ1) is 10.8. The average Bonchev–Trinajstić information content (AvgIpc) is 2.46. The molecule has 0 fully saturated rings. The summed E-state index contributed by atoms with van der Waals surface area (Å²) in [5, 5.41) is 3.19. The zero-order valence-electron chi connectivity index (χ0n) is 13.4. The molecule has 2 rings (SSSR count). The number of rotatable bonds is 3. The molecule has 0 unspecified atom stereocenters. The number of alkyl halides is 3. The van der Waals surface area contributed by atoms with Crippen molar-refractivity contribution in [2.24, 2.45) is 0 Å². The van der Waals surface area contributed by atoms with Crippen LogP contribution in [0, 0.1) is 0 Å². The van der Waals surface area contributed by atoms with Crippen LogP contribution in [0.2, 0.25) is 0 Å². The second kappa shape index (κ2) is 6.78. The largest absolute Gasteiger partial charge is 0.449 e. The highest BCUT2D eigenvalue weighted by molar-refractivity contribution is 5.90. The Hall–Kier alpha value is -1.76. The van der Waals surface area contributed by atoms with Gasteiger partial charge < -0.3 is 4.74 Å². The molecule has 0 saturated heterocycles. The van der Waals surface area contributed by atoms with Crippen molar-refractivity contribution in [3.8, 4) is 0 Å². The molecule has 2 atom stereocenters. The molecule has 1 aliphatic heterocycles. The molecule has 4 nitrogen and oxygen atoms in total. The molecule has 1 heterocycles. The molecule has 0 spiro atoms. The van der Waals surface area contributed by atoms with Gasteiger partial charge >= 0.3 is 12.3 Å². The number of ether oxygens (including phenoxy) is 1. The lowest BCUT2D eigenvalue weighted by molar-refractivity contribution is -0.137. The molecule has 0 aromatic heterocycles. The molecular weight excluding hydrogens is 309 g/mol. The maximum Gasteiger partial charge on any atom is 0.416 e. The van der Waals surface area contributed by atoms with E-state index in [0.29, 0.717) is 24.2 Å². The predicted molar refractivity (Wildman–Crippen MR) is 81.4 cm³/mol. The van der Waals surface area contributed by atoms with Gasteiger partial charge in [-0.2, -0.15) is 13.2 Å². The van der Waals surface area contributed by atoms with Crippen LogP contribution >= 0.6 is 0 Å². The van der Waals surface area contributed by atoms with E-state index in [-0.39, 0.29) is 18.7 Å². The van der Waals surface area contributed by atoms with Crippen molar-refractivity contribution in [1.29, 1.82) is 0 Å². The number of anilines is 1. The lowest BCUT2D eigenvalue weighted by Crippen LogP contribution is -2.52. The summed E-state index contributed by atoms with van der Waals surface area (Å²) in [6, 6.07) is 3.50. The van der Waals surface area contributed by atoms with Crippen LogP contribution in [0.25, 0.3) is 0 Å². The number of nitrogens with one attached hydrogen (secondary N) is 1. The van der Waals surface area contributed by atoms with Crippen LogP contribution in [0.1, 0.15) is 44.2 Å². The standard InChI is InChI=1S/C16H21F3N2O2/c1-4-20-14-8-10(3)12-9-11(16(17,18)19)6-7-13(12)21(14)15(22)23-5-2/h6-7,9-10,14,20H,4-5,8H2,1-3H3/t10-,14-/m0/s1. The normalized spacial score (nSPS) is 21.0. The van der Waals surface area contributed by atoms with Gasteiger partial charge in [0.25, 0.3) is 0 Å². The highest BCUT2D eigenvalue weighted by atomic mass is 19.4. The highest BCUT2D eigenvalue weighted by Crippen LogP contribution is 2.41. The number of hydrogen-bond acceptors (Lipinski definition) is 3. The van der Waals surface area contributed by atoms with Crippen LogP contribution in [0.5, 0.6) is 0 Å². The molecule has 0 bridgehead atoms. The molecule has 1 aromatic carbocycles. The van der Waals surface area contributed by atoms with Gasteiger partial charge in [0.1, 0.15) is 0 Å². The minimum Gasteiger partial charge on any atom is -0.449 e. The van der Waals surface area contributed by atoms with Crippen LogP contribution in [0.3, 0.4) is 0 Å². The molecule has 128 valence electrons. The molecule has 1 aliphatic rings. The lowest BCUT2D eigenvalue weighted by atomic mass is 9.88. The zero-order valence-corrected chi connectivity index (χ0v) is 13.4. The molecular formula is C16H21F3N2O2. The van der Waals surface area contributed by atoms with Crippen LogP contribution in [-0.4, -0.2) is 25.4 Å². The Balaban J connectivity index is 2.48. The van der Waals surface area contributed by atoms with E-state index < -0.39 is 17.8 Å². The van der Waals surface area contributed by atoms with Gasteiger partial charge in [0.2, 0.25) is 0 Å². The number of halogens is 3. The quantitative estimate of drug-likeness (QED) is 0.907. The van der Waals surface area contributed by atoms with Crippen LogP contribution in [0.15, 0.2) is 18.2 Å². The second-order valence-electron chi connectivity index (χ2n) is 5.55. The summed E-state index contributed by atoms with van der Waals surface area (Å²) >= 11 is 0. The van der Waals surface area contributed by atoms with Gasteiger partial charge in [-0.25, -0.2) is 4.79 Å². The number of fused-ring (bicyclic) bond motifs is 1. The number of nitrogens with zero attached hydrogens (tertiary/aromatic N) is 1. The molecule has 23 heavy (non-hydrogen) atoms. The van der Waals surface area contributed by atoms with E-state index in [9.17, 15) is 18.0 Å². The van der Waals surface area contributed by atoms with E-state index in [1.807, 2.05) is 13.8 Å². The van der Waals surface area contributed by atoms with Gasteiger partial charge in [-0.05, 0) is 49.6 Å². The predicted octanol–water partition coefficient (Wildman–Crippen LogP) is 4.11. The Bertz CT molecular complexity index is 575. The second-order valence-corrected chi connectivity index (χ2v) is 5.55. The van der Waals surface area contributed by atoms with E-state index >= 15 is 0 Å². The Labute approximate surface area is 133 Å². The van der Waals surface area contributed by atoms with Gasteiger partial charge in [0, 0.05) is 0 Å². The van der Waals surface area contributed by atoms with Crippen LogP contribution in [0.4, 0.5) is 23.7 Å². The molecule has 0 aliphatic carbocycles. The molecule has 1 aromatic rings. The third-order valence-corrected chi connectivity index (χ3v) is 3.94. The van der Waals surface area contributed by atoms with Gasteiger partial charge in [0.15, 0.2) is 0 Å². The summed E-state index contributed by atoms with van der Waals surface area (Å²) in [4.78, 5) is 13.7. The Morgan fingerprint density at radius 3 is 2.65 bits per heavy atom. The fourth-order valence-corrected chi connectivity index (χ4v) is 2.91. The van der Waals surface area contributed by atoms with Crippen LogP contribution in [-0.2, 0) is 10.9 Å². The highest BCUT2D eigenvalue weighted by Gasteiger charge is 2.38. The molecule has 1 N–H and O–H groups in total. The van der Waals surface area contributed by atoms with Crippen molar-refractivity contribution in [2.75, 3.05) is 18.1 Å². The van der Waals surface area contributed by atoms with Crippen molar-refractivity contribution >= 4 is 11.8 Å². The number of hydrogen-bond donors (Lipinski definition) is 1. The first kappa shape index (κ1) is 17.6. The topological polar surface area (TPSA) is 41.6 Å². The van der Waals surface area contributed by atoms with E-state index in [4.69, 9.17) is 4.74 Å². The number of carbonyl (C=O) groups excluding carboxylic acids is 1. The van der Waals surface area contributed by atoms with E-state index in [0.717, 1.165) is 12.1 Å². The number of benzene rings is 1. The maximum atomic E-state index is 12.9. The molecule has 1 amide bonds. The molecule has 0 radical (unpaired) electrons. The lowest BCUT2D eigenvalue weighted by Gasteiger charge is -2.39. The monoisotopic (exact) mass is 330 g/mol. The van der Waals surface area contributed by atoms with E-state index in [2.05, 4.69) is 5.32 Å². The number of carbonyl (C=O) groups is 1.